The van der Waals surface area contributed by atoms with Crippen LogP contribution in [0.1, 0.15) is 30.7 Å². The van der Waals surface area contributed by atoms with Crippen LogP contribution in [0.5, 0.6) is 0 Å². The van der Waals surface area contributed by atoms with Crippen molar-refractivity contribution in [3.63, 3.8) is 0 Å². The van der Waals surface area contributed by atoms with E-state index >= 15 is 0 Å². The predicted octanol–water partition coefficient (Wildman–Crippen LogP) is 5.23. The Labute approximate surface area is 168 Å². The minimum absolute atomic E-state index is 0.515. The molecule has 142 valence electrons. The molecule has 1 fully saturated rings. The maximum atomic E-state index is 4.89. The van der Waals surface area contributed by atoms with Crippen LogP contribution in [0.4, 0.5) is 11.8 Å². The van der Waals surface area contributed by atoms with E-state index in [0.29, 0.717) is 12.6 Å². The molecule has 1 aliphatic rings. The summed E-state index contributed by atoms with van der Waals surface area (Å²) >= 11 is 1.73. The first-order valence-electron chi connectivity index (χ1n) is 9.85. The number of rotatable bonds is 5. The number of nitrogens with zero attached hydrogens (tertiary/aromatic N) is 4. The van der Waals surface area contributed by atoms with Crippen LogP contribution in [0, 0.1) is 0 Å². The molecular weight excluding hydrogens is 366 g/mol. The Bertz CT molecular complexity index is 1080. The zero-order chi connectivity index (χ0) is 18.9. The van der Waals surface area contributed by atoms with Crippen LogP contribution in [0.25, 0.3) is 21.1 Å². The fraction of sp³-hybridized carbons (Fsp3) is 0.318. The second-order valence-corrected chi connectivity index (χ2v) is 8.56. The number of anilines is 2. The molecule has 5 rings (SSSR count). The summed E-state index contributed by atoms with van der Waals surface area (Å²) in [5.74, 6) is 1.68. The van der Waals surface area contributed by atoms with E-state index in [0.717, 1.165) is 33.2 Å². The molecule has 1 aliphatic carbocycles. The number of hydrogen-bond donors (Lipinski definition) is 1. The molecular formula is C22H23N5S. The molecule has 0 bridgehead atoms. The maximum Gasteiger partial charge on any atom is 0.228 e. The summed E-state index contributed by atoms with van der Waals surface area (Å²) in [4.78, 5) is 16.5. The standard InChI is InChI=1S/C22H23N5S/c1-27(14-20-24-18-12-6-7-13-19(18)28-20)22-25-17-11-5-4-10-16(17)21(26-22)23-15-8-2-3-9-15/h4-7,10-13,15H,2-3,8-9,14H2,1H3,(H,23,25,26). The molecule has 0 radical (unpaired) electrons. The van der Waals surface area contributed by atoms with Gasteiger partial charge >= 0.3 is 0 Å². The maximum absolute atomic E-state index is 4.89. The van der Waals surface area contributed by atoms with Crippen LogP contribution >= 0.6 is 11.3 Å². The fourth-order valence-electron chi connectivity index (χ4n) is 3.87. The highest BCUT2D eigenvalue weighted by Gasteiger charge is 2.18. The Morgan fingerprint density at radius 1 is 0.964 bits per heavy atom. The molecule has 4 aromatic rings. The predicted molar refractivity (Wildman–Crippen MR) is 117 cm³/mol. The van der Waals surface area contributed by atoms with Crippen molar-refractivity contribution in [3.8, 4) is 0 Å². The van der Waals surface area contributed by atoms with Gasteiger partial charge in [-0.3, -0.25) is 0 Å². The summed E-state index contributed by atoms with van der Waals surface area (Å²) in [6, 6.07) is 17.0. The monoisotopic (exact) mass is 389 g/mol. The third kappa shape index (κ3) is 3.40. The third-order valence-electron chi connectivity index (χ3n) is 5.34. The van der Waals surface area contributed by atoms with Crippen molar-refractivity contribution in [2.24, 2.45) is 0 Å². The quantitative estimate of drug-likeness (QED) is 0.506. The molecule has 2 aromatic heterocycles. The lowest BCUT2D eigenvalue weighted by atomic mass is 10.2. The number of benzene rings is 2. The van der Waals surface area contributed by atoms with Gasteiger partial charge in [0.2, 0.25) is 5.95 Å². The molecule has 2 aromatic carbocycles. The Morgan fingerprint density at radius 2 is 1.71 bits per heavy atom. The highest BCUT2D eigenvalue weighted by atomic mass is 32.1. The summed E-state index contributed by atoms with van der Waals surface area (Å²) in [7, 11) is 2.04. The van der Waals surface area contributed by atoms with Crippen LogP contribution < -0.4 is 10.2 Å². The van der Waals surface area contributed by atoms with Gasteiger partial charge in [-0.25, -0.2) is 9.97 Å². The molecule has 28 heavy (non-hydrogen) atoms. The van der Waals surface area contributed by atoms with Crippen LogP contribution in [-0.4, -0.2) is 28.0 Å². The first kappa shape index (κ1) is 17.4. The molecule has 2 heterocycles. The van der Waals surface area contributed by atoms with E-state index in [4.69, 9.17) is 15.0 Å². The molecule has 0 atom stereocenters. The molecule has 0 saturated heterocycles. The first-order chi connectivity index (χ1) is 13.8. The third-order valence-corrected chi connectivity index (χ3v) is 6.36. The van der Waals surface area contributed by atoms with Gasteiger partial charge in [-0.05, 0) is 37.1 Å². The summed E-state index contributed by atoms with van der Waals surface area (Å²) < 4.78 is 1.22. The van der Waals surface area contributed by atoms with Gasteiger partial charge in [-0.15, -0.1) is 11.3 Å². The second-order valence-electron chi connectivity index (χ2n) is 7.45. The van der Waals surface area contributed by atoms with Crippen molar-refractivity contribution in [1.29, 1.82) is 0 Å². The molecule has 0 unspecified atom stereocenters. The van der Waals surface area contributed by atoms with E-state index in [1.54, 1.807) is 11.3 Å². The molecule has 5 nitrogen and oxygen atoms in total. The summed E-state index contributed by atoms with van der Waals surface area (Å²) in [6.45, 7) is 0.695. The lowest BCUT2D eigenvalue weighted by molar-refractivity contribution is 0.750. The van der Waals surface area contributed by atoms with Gasteiger partial charge in [-0.1, -0.05) is 37.1 Å². The minimum Gasteiger partial charge on any atom is -0.367 e. The van der Waals surface area contributed by atoms with E-state index < -0.39 is 0 Å². The normalized spacial score (nSPS) is 14.8. The van der Waals surface area contributed by atoms with Crippen molar-refractivity contribution in [1.82, 2.24) is 15.0 Å². The Kier molecular flexibility index (Phi) is 4.56. The topological polar surface area (TPSA) is 53.9 Å². The number of thiazole rings is 1. The van der Waals surface area contributed by atoms with E-state index in [1.807, 2.05) is 19.2 Å². The van der Waals surface area contributed by atoms with E-state index in [1.165, 1.54) is 30.4 Å². The van der Waals surface area contributed by atoms with Crippen molar-refractivity contribution >= 4 is 44.2 Å². The lowest BCUT2D eigenvalue weighted by Gasteiger charge is -2.20. The Hall–Kier alpha value is -2.73. The second kappa shape index (κ2) is 7.36. The van der Waals surface area contributed by atoms with Gasteiger partial charge in [0.1, 0.15) is 10.8 Å². The van der Waals surface area contributed by atoms with Crippen LogP contribution in [0.15, 0.2) is 48.5 Å². The van der Waals surface area contributed by atoms with Crippen molar-refractivity contribution in [3.05, 3.63) is 53.5 Å². The number of nitrogens with one attached hydrogen (secondary N) is 1. The molecule has 6 heteroatoms. The largest absolute Gasteiger partial charge is 0.367 e. The summed E-state index contributed by atoms with van der Waals surface area (Å²) in [6.07, 6.45) is 5.03. The smallest absolute Gasteiger partial charge is 0.228 e. The first-order valence-corrected chi connectivity index (χ1v) is 10.7. The average Bonchev–Trinajstić information content (AvgIpc) is 3.37. The molecule has 0 spiro atoms. The zero-order valence-electron chi connectivity index (χ0n) is 15.9. The number of aromatic nitrogens is 3. The van der Waals surface area contributed by atoms with Gasteiger partial charge < -0.3 is 10.2 Å². The van der Waals surface area contributed by atoms with Gasteiger partial charge in [0.05, 0.1) is 22.3 Å². The van der Waals surface area contributed by atoms with E-state index in [-0.39, 0.29) is 0 Å². The molecule has 0 aliphatic heterocycles. The Balaban J connectivity index is 1.46. The lowest BCUT2D eigenvalue weighted by Crippen LogP contribution is -2.21. The SMILES string of the molecule is CN(Cc1nc2ccccc2s1)c1nc(NC2CCCC2)c2ccccc2n1. The highest BCUT2D eigenvalue weighted by molar-refractivity contribution is 7.18. The van der Waals surface area contributed by atoms with Crippen molar-refractivity contribution < 1.29 is 0 Å². The van der Waals surface area contributed by atoms with Crippen molar-refractivity contribution in [2.75, 3.05) is 17.3 Å². The van der Waals surface area contributed by atoms with Gasteiger partial charge in [0, 0.05) is 18.5 Å². The van der Waals surface area contributed by atoms with Gasteiger partial charge in [0.25, 0.3) is 0 Å². The van der Waals surface area contributed by atoms with Crippen LogP contribution in [0.3, 0.4) is 0 Å². The molecule has 1 N–H and O–H groups in total. The van der Waals surface area contributed by atoms with Crippen molar-refractivity contribution in [2.45, 2.75) is 38.3 Å². The number of fused-ring (bicyclic) bond motifs is 2. The van der Waals surface area contributed by atoms with Crippen LogP contribution in [-0.2, 0) is 6.54 Å². The zero-order valence-corrected chi connectivity index (χ0v) is 16.7. The molecule has 1 saturated carbocycles. The van der Waals surface area contributed by atoms with Gasteiger partial charge in [0.15, 0.2) is 0 Å². The van der Waals surface area contributed by atoms with E-state index in [9.17, 15) is 0 Å². The minimum atomic E-state index is 0.515. The van der Waals surface area contributed by atoms with E-state index in [2.05, 4.69) is 46.6 Å². The van der Waals surface area contributed by atoms with Crippen LogP contribution in [0.2, 0.25) is 0 Å². The van der Waals surface area contributed by atoms with Gasteiger partial charge in [-0.2, -0.15) is 4.98 Å². The average molecular weight is 390 g/mol. The highest BCUT2D eigenvalue weighted by Crippen LogP contribution is 2.29. The fourth-order valence-corrected chi connectivity index (χ4v) is 4.89. The molecule has 0 amide bonds. The number of para-hydroxylation sites is 2. The summed E-state index contributed by atoms with van der Waals surface area (Å²) in [5, 5.41) is 5.84. The summed E-state index contributed by atoms with van der Waals surface area (Å²) in [5.41, 5.74) is 2.03. The number of hydrogen-bond acceptors (Lipinski definition) is 6. The Morgan fingerprint density at radius 3 is 2.54 bits per heavy atom.